The Bertz CT molecular complexity index is 624. The second kappa shape index (κ2) is 5.16. The Labute approximate surface area is 113 Å². The molecule has 0 aliphatic carbocycles. The third kappa shape index (κ3) is 2.49. The van der Waals surface area contributed by atoms with Crippen molar-refractivity contribution in [3.05, 3.63) is 29.6 Å². The number of hydrogen-bond donors (Lipinski definition) is 1. The summed E-state index contributed by atoms with van der Waals surface area (Å²) in [4.78, 5) is 4.17. The molecule has 0 amide bonds. The highest BCUT2D eigenvalue weighted by Crippen LogP contribution is 2.27. The number of nitrogens with two attached hydrogens (primary N) is 1. The van der Waals surface area contributed by atoms with E-state index >= 15 is 0 Å². The lowest BCUT2D eigenvalue weighted by Crippen LogP contribution is -2.04. The molecule has 3 rings (SSSR count). The molecule has 1 aliphatic rings. The number of nitrogen functional groups attached to an aromatic ring is 1. The van der Waals surface area contributed by atoms with E-state index in [0.717, 1.165) is 25.2 Å². The van der Waals surface area contributed by atoms with Crippen molar-refractivity contribution in [2.24, 2.45) is 5.92 Å². The van der Waals surface area contributed by atoms with Gasteiger partial charge < -0.3 is 15.0 Å². The largest absolute Gasteiger partial charge is 0.398 e. The van der Waals surface area contributed by atoms with E-state index in [2.05, 4.69) is 10.1 Å². The van der Waals surface area contributed by atoms with Crippen LogP contribution in [0.15, 0.2) is 16.7 Å². The van der Waals surface area contributed by atoms with Gasteiger partial charge in [-0.3, -0.25) is 0 Å². The summed E-state index contributed by atoms with van der Waals surface area (Å²) in [7, 11) is 0. The van der Waals surface area contributed by atoms with Crippen molar-refractivity contribution in [3.8, 4) is 11.5 Å². The average molecular weight is 281 g/mol. The predicted octanol–water partition coefficient (Wildman–Crippen LogP) is 2.18. The van der Waals surface area contributed by atoms with E-state index in [4.69, 9.17) is 15.0 Å². The van der Waals surface area contributed by atoms with Gasteiger partial charge in [0.15, 0.2) is 17.5 Å². The summed E-state index contributed by atoms with van der Waals surface area (Å²) in [6.07, 6.45) is 1.59. The van der Waals surface area contributed by atoms with Crippen LogP contribution in [0.2, 0.25) is 0 Å². The van der Waals surface area contributed by atoms with Gasteiger partial charge in [0.05, 0.1) is 5.56 Å². The Morgan fingerprint density at radius 1 is 1.30 bits per heavy atom. The topological polar surface area (TPSA) is 74.2 Å². The second-order valence-electron chi connectivity index (χ2n) is 4.80. The standard InChI is InChI=1S/C13H13F2N3O2/c14-9-4-8(11(16)5-10(9)15)13-17-12(18-20-13)3-7-1-2-19-6-7/h4-5,7H,1-3,6,16H2. The van der Waals surface area contributed by atoms with E-state index in [9.17, 15) is 8.78 Å². The Hall–Kier alpha value is -2.02. The minimum Gasteiger partial charge on any atom is -0.398 e. The number of anilines is 1. The number of hydrogen-bond acceptors (Lipinski definition) is 5. The highest BCUT2D eigenvalue weighted by Gasteiger charge is 2.20. The van der Waals surface area contributed by atoms with Gasteiger partial charge in [0.1, 0.15) is 0 Å². The van der Waals surface area contributed by atoms with Crippen molar-refractivity contribution < 1.29 is 18.0 Å². The van der Waals surface area contributed by atoms with E-state index < -0.39 is 11.6 Å². The molecule has 1 unspecified atom stereocenters. The lowest BCUT2D eigenvalue weighted by molar-refractivity contribution is 0.185. The van der Waals surface area contributed by atoms with E-state index in [1.807, 2.05) is 0 Å². The van der Waals surface area contributed by atoms with Crippen molar-refractivity contribution in [2.45, 2.75) is 12.8 Å². The van der Waals surface area contributed by atoms with E-state index in [1.165, 1.54) is 0 Å². The lowest BCUT2D eigenvalue weighted by atomic mass is 10.1. The van der Waals surface area contributed by atoms with E-state index in [0.29, 0.717) is 24.8 Å². The van der Waals surface area contributed by atoms with E-state index in [-0.39, 0.29) is 17.1 Å². The molecule has 2 N–H and O–H groups in total. The van der Waals surface area contributed by atoms with Crippen LogP contribution in [0.3, 0.4) is 0 Å². The SMILES string of the molecule is Nc1cc(F)c(F)cc1-c1nc(CC2CCOC2)no1. The Kier molecular flexibility index (Phi) is 3.35. The van der Waals surface area contributed by atoms with Gasteiger partial charge in [0.2, 0.25) is 0 Å². The molecule has 2 heterocycles. The van der Waals surface area contributed by atoms with Crippen LogP contribution in [0.4, 0.5) is 14.5 Å². The van der Waals surface area contributed by atoms with Crippen molar-refractivity contribution in [1.82, 2.24) is 10.1 Å². The number of halogens is 2. The van der Waals surface area contributed by atoms with Crippen LogP contribution in [0.1, 0.15) is 12.2 Å². The van der Waals surface area contributed by atoms with Crippen LogP contribution < -0.4 is 5.73 Å². The molecule has 1 aliphatic heterocycles. The molecular weight excluding hydrogens is 268 g/mol. The minimum atomic E-state index is -1.01. The first kappa shape index (κ1) is 13.0. The molecule has 7 heteroatoms. The minimum absolute atomic E-state index is 0.0586. The fourth-order valence-corrected chi connectivity index (χ4v) is 2.20. The van der Waals surface area contributed by atoms with Crippen LogP contribution in [0, 0.1) is 17.6 Å². The smallest absolute Gasteiger partial charge is 0.260 e. The van der Waals surface area contributed by atoms with E-state index in [1.54, 1.807) is 0 Å². The normalized spacial score (nSPS) is 18.6. The summed E-state index contributed by atoms with van der Waals surface area (Å²) in [5.74, 6) is -1.04. The highest BCUT2D eigenvalue weighted by atomic mass is 19.2. The zero-order chi connectivity index (χ0) is 14.1. The maximum Gasteiger partial charge on any atom is 0.260 e. The van der Waals surface area contributed by atoms with Crippen LogP contribution in [-0.4, -0.2) is 23.4 Å². The number of aromatic nitrogens is 2. The molecule has 1 aromatic heterocycles. The van der Waals surface area contributed by atoms with Crippen molar-refractivity contribution in [3.63, 3.8) is 0 Å². The average Bonchev–Trinajstić information content (AvgIpc) is 3.06. The Morgan fingerprint density at radius 3 is 2.85 bits per heavy atom. The molecule has 20 heavy (non-hydrogen) atoms. The first-order valence-corrected chi connectivity index (χ1v) is 6.28. The molecule has 0 saturated carbocycles. The molecule has 0 bridgehead atoms. The Balaban J connectivity index is 1.84. The number of nitrogens with zero attached hydrogens (tertiary/aromatic N) is 2. The summed E-state index contributed by atoms with van der Waals surface area (Å²) in [6, 6.07) is 1.86. The maximum absolute atomic E-state index is 13.2. The molecule has 1 atom stereocenters. The first-order chi connectivity index (χ1) is 9.63. The fraction of sp³-hybridized carbons (Fsp3) is 0.385. The van der Waals surface area contributed by atoms with Crippen molar-refractivity contribution in [1.29, 1.82) is 0 Å². The van der Waals surface area contributed by atoms with Crippen LogP contribution in [0.25, 0.3) is 11.5 Å². The molecule has 0 spiro atoms. The number of ether oxygens (including phenoxy) is 1. The van der Waals surface area contributed by atoms with Crippen LogP contribution in [-0.2, 0) is 11.2 Å². The molecule has 5 nitrogen and oxygen atoms in total. The van der Waals surface area contributed by atoms with Gasteiger partial charge in [0, 0.05) is 31.4 Å². The summed E-state index contributed by atoms with van der Waals surface area (Å²) in [5.41, 5.74) is 5.90. The fourth-order valence-electron chi connectivity index (χ4n) is 2.20. The zero-order valence-corrected chi connectivity index (χ0v) is 10.6. The van der Waals surface area contributed by atoms with Crippen LogP contribution in [0.5, 0.6) is 0 Å². The monoisotopic (exact) mass is 281 g/mol. The molecule has 1 saturated heterocycles. The zero-order valence-electron chi connectivity index (χ0n) is 10.6. The number of rotatable bonds is 3. The predicted molar refractivity (Wildman–Crippen MR) is 66.7 cm³/mol. The molecule has 0 radical (unpaired) electrons. The van der Waals surface area contributed by atoms with Gasteiger partial charge in [-0.15, -0.1) is 0 Å². The molecule has 1 aromatic carbocycles. The lowest BCUT2D eigenvalue weighted by Gasteiger charge is -2.02. The van der Waals surface area contributed by atoms with Gasteiger partial charge in [-0.2, -0.15) is 4.98 Å². The molecule has 1 fully saturated rings. The van der Waals surface area contributed by atoms with Gasteiger partial charge in [-0.05, 0) is 18.4 Å². The third-order valence-electron chi connectivity index (χ3n) is 3.29. The van der Waals surface area contributed by atoms with Gasteiger partial charge >= 0.3 is 0 Å². The van der Waals surface area contributed by atoms with Crippen molar-refractivity contribution >= 4 is 5.69 Å². The number of benzene rings is 1. The van der Waals surface area contributed by atoms with Gasteiger partial charge in [-0.1, -0.05) is 5.16 Å². The molecule has 2 aromatic rings. The van der Waals surface area contributed by atoms with Gasteiger partial charge in [0.25, 0.3) is 5.89 Å². The quantitative estimate of drug-likeness (QED) is 0.873. The van der Waals surface area contributed by atoms with Gasteiger partial charge in [-0.25, -0.2) is 8.78 Å². The van der Waals surface area contributed by atoms with Crippen LogP contribution >= 0.6 is 0 Å². The summed E-state index contributed by atoms with van der Waals surface area (Å²) >= 11 is 0. The maximum atomic E-state index is 13.2. The second-order valence-corrected chi connectivity index (χ2v) is 4.80. The first-order valence-electron chi connectivity index (χ1n) is 6.28. The van der Waals surface area contributed by atoms with Crippen molar-refractivity contribution in [2.75, 3.05) is 18.9 Å². The highest BCUT2D eigenvalue weighted by molar-refractivity contribution is 5.70. The summed E-state index contributed by atoms with van der Waals surface area (Å²) < 4.78 is 36.6. The summed E-state index contributed by atoms with van der Waals surface area (Å²) in [5, 5.41) is 3.84. The summed E-state index contributed by atoms with van der Waals surface area (Å²) in [6.45, 7) is 1.42. The molecule has 106 valence electrons. The molecular formula is C13H13F2N3O2. The Morgan fingerprint density at radius 2 is 2.10 bits per heavy atom. The third-order valence-corrected chi connectivity index (χ3v) is 3.29.